The molecule has 0 saturated carbocycles. The quantitative estimate of drug-likeness (QED) is 0.552. The molecule has 1 radical (unpaired) electrons. The van der Waals surface area contributed by atoms with Gasteiger partial charge in [0.2, 0.25) is 0 Å². The summed E-state index contributed by atoms with van der Waals surface area (Å²) in [4.78, 5) is 8.68. The first-order valence-electron chi connectivity index (χ1n) is 0.704. The number of rotatable bonds is 0. The second-order valence-corrected chi connectivity index (χ2v) is 0.204. The van der Waals surface area contributed by atoms with Gasteiger partial charge in [-0.3, -0.25) is 4.79 Å². The van der Waals surface area contributed by atoms with Crippen LogP contribution in [-0.4, -0.2) is 6.29 Å². The van der Waals surface area contributed by atoms with E-state index in [0.29, 0.717) is 0 Å². The first kappa shape index (κ1) is 8.82. The van der Waals surface area contributed by atoms with Gasteiger partial charge >= 0.3 is 0 Å². The normalized spacial score (nSPS) is 3.25. The SMILES string of the molecule is C[C]=O.[Hg]. The van der Waals surface area contributed by atoms with Crippen molar-refractivity contribution in [2.24, 2.45) is 0 Å². The number of hydrogen-bond acceptors (Lipinski definition) is 1. The fourth-order valence-electron chi connectivity index (χ4n) is 0. The van der Waals surface area contributed by atoms with E-state index in [2.05, 4.69) is 0 Å². The molecule has 0 amide bonds. The van der Waals surface area contributed by atoms with Gasteiger partial charge in [0.1, 0.15) is 0 Å². The van der Waals surface area contributed by atoms with Crippen LogP contribution in [0.15, 0.2) is 0 Å². The van der Waals surface area contributed by atoms with E-state index >= 15 is 0 Å². The van der Waals surface area contributed by atoms with E-state index in [1.807, 2.05) is 0 Å². The summed E-state index contributed by atoms with van der Waals surface area (Å²) in [7, 11) is 0. The van der Waals surface area contributed by atoms with Crippen LogP contribution in [0.2, 0.25) is 0 Å². The molecule has 2 heteroatoms. The molecule has 0 aliphatic carbocycles. The first-order chi connectivity index (χ1) is 1.41. The van der Waals surface area contributed by atoms with Crippen molar-refractivity contribution in [3.8, 4) is 0 Å². The van der Waals surface area contributed by atoms with Crippen molar-refractivity contribution >= 4 is 6.29 Å². The molecule has 4 heavy (non-hydrogen) atoms. The Labute approximate surface area is 45.9 Å². The van der Waals surface area contributed by atoms with E-state index < -0.39 is 0 Å². The smallest absolute Gasteiger partial charge is 0.195 e. The third kappa shape index (κ3) is 18.3. The third-order valence-electron chi connectivity index (χ3n) is 0. The molecule has 0 aromatic carbocycles. The van der Waals surface area contributed by atoms with Crippen molar-refractivity contribution < 1.29 is 32.5 Å². The maximum absolute atomic E-state index is 8.68. The molecule has 0 saturated heterocycles. The van der Waals surface area contributed by atoms with Crippen LogP contribution in [0.3, 0.4) is 0 Å². The molecule has 0 fully saturated rings. The van der Waals surface area contributed by atoms with Gasteiger partial charge < -0.3 is 0 Å². The fourth-order valence-corrected chi connectivity index (χ4v) is 0. The zero-order chi connectivity index (χ0) is 2.71. The van der Waals surface area contributed by atoms with Crippen LogP contribution in [-0.2, 0) is 32.5 Å². The molecule has 0 aromatic rings. The third-order valence-corrected chi connectivity index (χ3v) is 0. The molecule has 1 nitrogen and oxygen atoms in total. The van der Waals surface area contributed by atoms with E-state index in [4.69, 9.17) is 4.79 Å². The van der Waals surface area contributed by atoms with Crippen LogP contribution in [0.25, 0.3) is 0 Å². The van der Waals surface area contributed by atoms with Crippen molar-refractivity contribution in [2.75, 3.05) is 0 Å². The van der Waals surface area contributed by atoms with Gasteiger partial charge in [-0.05, 0) is 0 Å². The van der Waals surface area contributed by atoms with E-state index in [0.717, 1.165) is 0 Å². The molecule has 0 atom stereocenters. The summed E-state index contributed by atoms with van der Waals surface area (Å²) in [6.45, 7) is 1.32. The molecule has 0 aliphatic rings. The van der Waals surface area contributed by atoms with E-state index in [1.54, 1.807) is 0 Å². The van der Waals surface area contributed by atoms with Crippen LogP contribution < -0.4 is 0 Å². The Morgan fingerprint density at radius 3 is 1.75 bits per heavy atom. The Bertz CT molecular complexity index is 13.5. The van der Waals surface area contributed by atoms with Crippen molar-refractivity contribution in [1.82, 2.24) is 0 Å². The number of carbonyl (C=O) groups excluding carboxylic acids is 1. The molecular weight excluding hydrogens is 241 g/mol. The molecule has 0 aromatic heterocycles. The molecule has 0 spiro atoms. The topological polar surface area (TPSA) is 17.1 Å². The fraction of sp³-hybridized carbons (Fsp3) is 0.500. The summed E-state index contributed by atoms with van der Waals surface area (Å²) in [6, 6.07) is 0. The van der Waals surface area contributed by atoms with Crippen molar-refractivity contribution in [3.05, 3.63) is 0 Å². The second kappa shape index (κ2) is 9.50. The Morgan fingerprint density at radius 2 is 1.75 bits per heavy atom. The summed E-state index contributed by atoms with van der Waals surface area (Å²) >= 11 is 0. The Hall–Kier alpha value is 0.605. The predicted octanol–water partition coefficient (Wildman–Crippen LogP) is 0.113. The van der Waals surface area contributed by atoms with Gasteiger partial charge in [-0.1, -0.05) is 0 Å². The largest absolute Gasteiger partial charge is 0.291 e. The minimum Gasteiger partial charge on any atom is -0.291 e. The minimum atomic E-state index is 0. The van der Waals surface area contributed by atoms with Crippen LogP contribution >= 0.6 is 0 Å². The molecule has 19 valence electrons. The maximum atomic E-state index is 8.68. The first-order valence-corrected chi connectivity index (χ1v) is 0.704. The van der Waals surface area contributed by atoms with Gasteiger partial charge in [0.25, 0.3) is 0 Å². The minimum absolute atomic E-state index is 0. The maximum Gasteiger partial charge on any atom is 0.195 e. The molecule has 0 N–H and O–H groups in total. The average Bonchev–Trinajstić information content (AvgIpc) is 0.918. The molecule has 0 bridgehead atoms. The zero-order valence-electron chi connectivity index (χ0n) is 2.62. The van der Waals surface area contributed by atoms with Crippen LogP contribution in [0.1, 0.15) is 6.92 Å². The molecular formula is C2H3HgO. The molecule has 0 unspecified atom stereocenters. The van der Waals surface area contributed by atoms with Gasteiger partial charge in [0.15, 0.2) is 6.29 Å². The van der Waals surface area contributed by atoms with Gasteiger partial charge in [-0.2, -0.15) is 0 Å². The van der Waals surface area contributed by atoms with Crippen molar-refractivity contribution in [2.45, 2.75) is 6.92 Å². The monoisotopic (exact) mass is 245 g/mol. The predicted molar refractivity (Wildman–Crippen MR) is 11.4 cm³/mol. The van der Waals surface area contributed by atoms with E-state index in [9.17, 15) is 0 Å². The summed E-state index contributed by atoms with van der Waals surface area (Å²) in [6.07, 6.45) is 1.50. The van der Waals surface area contributed by atoms with Crippen LogP contribution in [0.5, 0.6) is 0 Å². The van der Waals surface area contributed by atoms with E-state index in [-0.39, 0.29) is 27.7 Å². The van der Waals surface area contributed by atoms with Gasteiger partial charge in [0, 0.05) is 34.6 Å². The molecule has 0 rings (SSSR count). The summed E-state index contributed by atoms with van der Waals surface area (Å²) in [5.41, 5.74) is 0. The standard InChI is InChI=1S/C2H3O.Hg/c1-2-3;/h1H3;. The average molecular weight is 244 g/mol. The Morgan fingerprint density at radius 1 is 1.75 bits per heavy atom. The van der Waals surface area contributed by atoms with Crippen molar-refractivity contribution in [3.63, 3.8) is 0 Å². The van der Waals surface area contributed by atoms with Crippen LogP contribution in [0.4, 0.5) is 0 Å². The molecule has 0 heterocycles. The van der Waals surface area contributed by atoms with Gasteiger partial charge in [0.05, 0.1) is 0 Å². The molecule has 0 aliphatic heterocycles. The summed E-state index contributed by atoms with van der Waals surface area (Å²) < 4.78 is 0. The summed E-state index contributed by atoms with van der Waals surface area (Å²) in [5, 5.41) is 0. The number of hydrogen-bond donors (Lipinski definition) is 0. The van der Waals surface area contributed by atoms with Crippen LogP contribution in [0, 0.1) is 0 Å². The van der Waals surface area contributed by atoms with Crippen molar-refractivity contribution in [1.29, 1.82) is 0 Å². The summed E-state index contributed by atoms with van der Waals surface area (Å²) in [5.74, 6) is 0. The van der Waals surface area contributed by atoms with Gasteiger partial charge in [-0.25, -0.2) is 0 Å². The zero-order valence-corrected chi connectivity index (χ0v) is 8.11. The Balaban J connectivity index is 0. The second-order valence-electron chi connectivity index (χ2n) is 0.204. The van der Waals surface area contributed by atoms with Gasteiger partial charge in [-0.15, -0.1) is 0 Å². The van der Waals surface area contributed by atoms with E-state index in [1.165, 1.54) is 13.2 Å². The Kier molecular flexibility index (Phi) is 20.9.